The first kappa shape index (κ1) is 14.0. The molecule has 1 atom stereocenters. The normalized spacial score (nSPS) is 11.8. The Morgan fingerprint density at radius 3 is 2.50 bits per heavy atom. The molecule has 0 spiro atoms. The van der Waals surface area contributed by atoms with E-state index in [-0.39, 0.29) is 5.75 Å². The second kappa shape index (κ2) is 6.63. The SMILES string of the molecule is C=CCN(CC=C)C(C#N)c1cc(C)ccc1O. The highest BCUT2D eigenvalue weighted by molar-refractivity contribution is 5.40. The van der Waals surface area contributed by atoms with E-state index in [1.807, 2.05) is 24.0 Å². The number of rotatable bonds is 6. The molecule has 0 aromatic heterocycles. The smallest absolute Gasteiger partial charge is 0.127 e. The van der Waals surface area contributed by atoms with Gasteiger partial charge in [0.15, 0.2) is 0 Å². The van der Waals surface area contributed by atoms with E-state index in [1.165, 1.54) is 0 Å². The van der Waals surface area contributed by atoms with Crippen molar-refractivity contribution >= 4 is 0 Å². The number of phenols is 1. The molecule has 0 bridgehead atoms. The van der Waals surface area contributed by atoms with Crippen LogP contribution < -0.4 is 0 Å². The summed E-state index contributed by atoms with van der Waals surface area (Å²) in [5, 5.41) is 19.2. The van der Waals surface area contributed by atoms with E-state index >= 15 is 0 Å². The number of aryl methyl sites for hydroxylation is 1. The Morgan fingerprint density at radius 1 is 1.39 bits per heavy atom. The lowest BCUT2D eigenvalue weighted by Crippen LogP contribution is -2.28. The minimum Gasteiger partial charge on any atom is -0.508 e. The van der Waals surface area contributed by atoms with Crippen LogP contribution in [0.4, 0.5) is 0 Å². The Morgan fingerprint density at radius 2 is 2.00 bits per heavy atom. The van der Waals surface area contributed by atoms with Crippen LogP contribution in [-0.2, 0) is 0 Å². The van der Waals surface area contributed by atoms with E-state index in [1.54, 1.807) is 18.2 Å². The Bertz CT molecular complexity index is 464. The van der Waals surface area contributed by atoms with Crippen LogP contribution in [-0.4, -0.2) is 23.1 Å². The molecule has 1 N–H and O–H groups in total. The zero-order valence-corrected chi connectivity index (χ0v) is 10.6. The molecule has 1 aromatic rings. The largest absolute Gasteiger partial charge is 0.508 e. The molecular weight excluding hydrogens is 224 g/mol. The Balaban J connectivity index is 3.14. The van der Waals surface area contributed by atoms with E-state index in [4.69, 9.17) is 0 Å². The summed E-state index contributed by atoms with van der Waals surface area (Å²) in [6.45, 7) is 10.4. The van der Waals surface area contributed by atoms with Crippen LogP contribution in [0.25, 0.3) is 0 Å². The predicted octanol–water partition coefficient (Wildman–Crippen LogP) is 2.94. The summed E-state index contributed by atoms with van der Waals surface area (Å²) in [6, 6.07) is 7.00. The van der Waals surface area contributed by atoms with Crippen molar-refractivity contribution in [2.45, 2.75) is 13.0 Å². The second-order valence-electron chi connectivity index (χ2n) is 4.13. The maximum Gasteiger partial charge on any atom is 0.127 e. The minimum atomic E-state index is -0.499. The molecule has 3 nitrogen and oxygen atoms in total. The number of hydrogen-bond donors (Lipinski definition) is 1. The summed E-state index contributed by atoms with van der Waals surface area (Å²) in [6.07, 6.45) is 3.47. The molecule has 1 aromatic carbocycles. The van der Waals surface area contributed by atoms with Crippen molar-refractivity contribution in [3.05, 3.63) is 54.6 Å². The lowest BCUT2D eigenvalue weighted by molar-refractivity contribution is 0.285. The van der Waals surface area contributed by atoms with Gasteiger partial charge < -0.3 is 5.11 Å². The molecule has 0 radical (unpaired) electrons. The van der Waals surface area contributed by atoms with Gasteiger partial charge in [0.05, 0.1) is 6.07 Å². The monoisotopic (exact) mass is 242 g/mol. The molecule has 0 saturated heterocycles. The molecule has 94 valence electrons. The van der Waals surface area contributed by atoms with Gasteiger partial charge in [-0.15, -0.1) is 13.2 Å². The van der Waals surface area contributed by atoms with Crippen molar-refractivity contribution < 1.29 is 5.11 Å². The van der Waals surface area contributed by atoms with Crippen LogP contribution in [0.15, 0.2) is 43.5 Å². The summed E-state index contributed by atoms with van der Waals surface area (Å²) in [5.74, 6) is 0.144. The van der Waals surface area contributed by atoms with Gasteiger partial charge in [-0.3, -0.25) is 4.90 Å². The van der Waals surface area contributed by atoms with Gasteiger partial charge in [0.2, 0.25) is 0 Å². The number of phenolic OH excluding ortho intramolecular Hbond substituents is 1. The molecule has 0 aliphatic carbocycles. The van der Waals surface area contributed by atoms with Crippen LogP contribution >= 0.6 is 0 Å². The summed E-state index contributed by atoms with van der Waals surface area (Å²) >= 11 is 0. The van der Waals surface area contributed by atoms with Gasteiger partial charge in [0.1, 0.15) is 11.8 Å². The highest BCUT2D eigenvalue weighted by Gasteiger charge is 2.21. The average molecular weight is 242 g/mol. The summed E-state index contributed by atoms with van der Waals surface area (Å²) in [7, 11) is 0. The molecule has 0 aliphatic rings. The topological polar surface area (TPSA) is 47.3 Å². The van der Waals surface area contributed by atoms with E-state index < -0.39 is 6.04 Å². The fraction of sp³-hybridized carbons (Fsp3) is 0.267. The third-order valence-corrected chi connectivity index (χ3v) is 2.69. The van der Waals surface area contributed by atoms with Crippen molar-refractivity contribution in [2.24, 2.45) is 0 Å². The van der Waals surface area contributed by atoms with Gasteiger partial charge >= 0.3 is 0 Å². The Labute approximate surface area is 108 Å². The van der Waals surface area contributed by atoms with Crippen LogP contribution in [0.2, 0.25) is 0 Å². The molecule has 0 amide bonds. The fourth-order valence-corrected chi connectivity index (χ4v) is 1.86. The standard InChI is InChI=1S/C15H18N2O/c1-4-8-17(9-5-2)14(11-16)13-10-12(3)6-7-15(13)18/h4-7,10,14,18H,1-2,8-9H2,3H3. The van der Waals surface area contributed by atoms with E-state index in [2.05, 4.69) is 19.2 Å². The number of hydrogen-bond acceptors (Lipinski definition) is 3. The number of nitriles is 1. The second-order valence-corrected chi connectivity index (χ2v) is 4.13. The quantitative estimate of drug-likeness (QED) is 0.780. The molecule has 0 saturated carbocycles. The Hall–Kier alpha value is -2.05. The van der Waals surface area contributed by atoms with Crippen molar-refractivity contribution in [3.8, 4) is 11.8 Å². The molecule has 0 aliphatic heterocycles. The molecule has 3 heteroatoms. The molecule has 1 unspecified atom stereocenters. The lowest BCUT2D eigenvalue weighted by atomic mass is 10.0. The highest BCUT2D eigenvalue weighted by Crippen LogP contribution is 2.29. The van der Waals surface area contributed by atoms with E-state index in [9.17, 15) is 10.4 Å². The van der Waals surface area contributed by atoms with Crippen molar-refractivity contribution in [3.63, 3.8) is 0 Å². The van der Waals surface area contributed by atoms with Crippen LogP contribution in [0, 0.1) is 18.3 Å². The fourth-order valence-electron chi connectivity index (χ4n) is 1.86. The molecule has 0 heterocycles. The number of aromatic hydroxyl groups is 1. The maximum absolute atomic E-state index is 9.89. The van der Waals surface area contributed by atoms with E-state index in [0.29, 0.717) is 18.7 Å². The van der Waals surface area contributed by atoms with Crippen molar-refractivity contribution in [2.75, 3.05) is 13.1 Å². The summed E-state index contributed by atoms with van der Waals surface area (Å²) < 4.78 is 0. The predicted molar refractivity (Wildman–Crippen MR) is 73.2 cm³/mol. The third kappa shape index (κ3) is 3.22. The molecule has 18 heavy (non-hydrogen) atoms. The molecule has 0 fully saturated rings. The maximum atomic E-state index is 9.89. The number of nitrogens with zero attached hydrogens (tertiary/aromatic N) is 2. The first-order valence-electron chi connectivity index (χ1n) is 5.79. The Kier molecular flexibility index (Phi) is 5.16. The summed E-state index contributed by atoms with van der Waals surface area (Å²) in [4.78, 5) is 1.90. The molecular formula is C15H18N2O. The van der Waals surface area contributed by atoms with Crippen LogP contribution in [0.5, 0.6) is 5.75 Å². The third-order valence-electron chi connectivity index (χ3n) is 2.69. The van der Waals surface area contributed by atoms with Crippen molar-refractivity contribution in [1.29, 1.82) is 5.26 Å². The molecule has 1 rings (SSSR count). The number of benzene rings is 1. The van der Waals surface area contributed by atoms with Gasteiger partial charge in [0, 0.05) is 18.7 Å². The van der Waals surface area contributed by atoms with Crippen LogP contribution in [0.3, 0.4) is 0 Å². The van der Waals surface area contributed by atoms with Gasteiger partial charge in [-0.25, -0.2) is 0 Å². The van der Waals surface area contributed by atoms with Gasteiger partial charge in [-0.1, -0.05) is 23.8 Å². The summed E-state index contributed by atoms with van der Waals surface area (Å²) in [5.41, 5.74) is 1.64. The first-order valence-corrected chi connectivity index (χ1v) is 5.79. The van der Waals surface area contributed by atoms with E-state index in [0.717, 1.165) is 5.56 Å². The first-order chi connectivity index (χ1) is 8.63. The lowest BCUT2D eigenvalue weighted by Gasteiger charge is -2.25. The van der Waals surface area contributed by atoms with Gasteiger partial charge in [0.25, 0.3) is 0 Å². The zero-order chi connectivity index (χ0) is 13.5. The highest BCUT2D eigenvalue weighted by atomic mass is 16.3. The minimum absolute atomic E-state index is 0.144. The van der Waals surface area contributed by atoms with Gasteiger partial charge in [-0.2, -0.15) is 5.26 Å². The zero-order valence-electron chi connectivity index (χ0n) is 10.6. The average Bonchev–Trinajstić information content (AvgIpc) is 2.35. The van der Waals surface area contributed by atoms with Crippen molar-refractivity contribution in [1.82, 2.24) is 4.90 Å². The van der Waals surface area contributed by atoms with Gasteiger partial charge in [-0.05, 0) is 19.1 Å². The van der Waals surface area contributed by atoms with Crippen LogP contribution in [0.1, 0.15) is 17.2 Å².